The molecule has 0 aliphatic rings. The van der Waals surface area contributed by atoms with Gasteiger partial charge in [0, 0.05) is 17.3 Å². The number of benzene rings is 3. The second kappa shape index (κ2) is 8.70. The van der Waals surface area contributed by atoms with Crippen LogP contribution in [0.3, 0.4) is 0 Å². The van der Waals surface area contributed by atoms with Crippen molar-refractivity contribution in [2.75, 3.05) is 33.4 Å². The smallest absolute Gasteiger partial charge is 0.134 e. The highest BCUT2D eigenvalue weighted by molar-refractivity contribution is 6.05. The number of unbranched alkanes of at least 4 members (excludes halogenated alkanes) is 1. The summed E-state index contributed by atoms with van der Waals surface area (Å²) in [6.45, 7) is 2.41. The van der Waals surface area contributed by atoms with Crippen LogP contribution in [0, 0.1) is 0 Å². The summed E-state index contributed by atoms with van der Waals surface area (Å²) in [6, 6.07) is 16.6. The first-order chi connectivity index (χ1) is 12.3. The van der Waals surface area contributed by atoms with Gasteiger partial charge < -0.3 is 19.9 Å². The van der Waals surface area contributed by atoms with Crippen LogP contribution in [0.2, 0.25) is 0 Å². The Morgan fingerprint density at radius 2 is 1.76 bits per heavy atom. The van der Waals surface area contributed by atoms with Gasteiger partial charge in [-0.3, -0.25) is 0 Å². The summed E-state index contributed by atoms with van der Waals surface area (Å²) < 4.78 is 11.5. The number of aliphatic hydroxyl groups excluding tert-OH is 1. The Labute approximate surface area is 148 Å². The van der Waals surface area contributed by atoms with E-state index in [0.29, 0.717) is 13.2 Å². The van der Waals surface area contributed by atoms with E-state index in [2.05, 4.69) is 29.6 Å². The van der Waals surface area contributed by atoms with Crippen molar-refractivity contribution in [1.82, 2.24) is 5.32 Å². The lowest BCUT2D eigenvalue weighted by Gasteiger charge is -2.14. The summed E-state index contributed by atoms with van der Waals surface area (Å²) in [5.74, 6) is 1.79. The molecule has 0 aliphatic carbocycles. The van der Waals surface area contributed by atoms with Crippen LogP contribution < -0.4 is 14.8 Å². The van der Waals surface area contributed by atoms with E-state index in [-0.39, 0.29) is 6.61 Å². The molecule has 25 heavy (non-hydrogen) atoms. The van der Waals surface area contributed by atoms with Crippen molar-refractivity contribution in [1.29, 1.82) is 0 Å². The zero-order valence-electron chi connectivity index (χ0n) is 14.6. The molecule has 0 atom stereocenters. The third kappa shape index (κ3) is 4.21. The Morgan fingerprint density at radius 3 is 2.60 bits per heavy atom. The molecule has 0 aromatic heterocycles. The summed E-state index contributed by atoms with van der Waals surface area (Å²) in [6.07, 6.45) is 2.00. The predicted octanol–water partition coefficient (Wildman–Crippen LogP) is 3.74. The second-order valence-corrected chi connectivity index (χ2v) is 6.04. The van der Waals surface area contributed by atoms with Crippen molar-refractivity contribution >= 4 is 21.5 Å². The topological polar surface area (TPSA) is 50.7 Å². The molecule has 0 aliphatic heterocycles. The predicted molar refractivity (Wildman–Crippen MR) is 103 cm³/mol. The molecule has 0 bridgehead atoms. The van der Waals surface area contributed by atoms with E-state index < -0.39 is 0 Å². The molecule has 4 heteroatoms. The van der Waals surface area contributed by atoms with Gasteiger partial charge in [0.1, 0.15) is 11.5 Å². The van der Waals surface area contributed by atoms with Gasteiger partial charge in [-0.2, -0.15) is 0 Å². The first-order valence-electron chi connectivity index (χ1n) is 8.77. The standard InChI is InChI=1S/C21H25NO3/c1-24-18-8-9-20-17(15-18)14-16-6-2-3-7-19(16)21(20)25-13-5-4-10-22-11-12-23/h2-3,6-9,14-15,22-23H,4-5,10-13H2,1H3. The highest BCUT2D eigenvalue weighted by Gasteiger charge is 2.09. The highest BCUT2D eigenvalue weighted by atomic mass is 16.5. The van der Waals surface area contributed by atoms with Crippen LogP contribution in [-0.2, 0) is 0 Å². The molecule has 3 aromatic carbocycles. The van der Waals surface area contributed by atoms with Gasteiger partial charge >= 0.3 is 0 Å². The lowest BCUT2D eigenvalue weighted by molar-refractivity contribution is 0.288. The summed E-state index contributed by atoms with van der Waals surface area (Å²) in [5.41, 5.74) is 0. The van der Waals surface area contributed by atoms with Crippen molar-refractivity contribution in [2.45, 2.75) is 12.8 Å². The lowest BCUT2D eigenvalue weighted by Crippen LogP contribution is -2.19. The molecule has 0 saturated heterocycles. The Kier molecular flexibility index (Phi) is 6.09. The number of aliphatic hydroxyl groups is 1. The summed E-state index contributed by atoms with van der Waals surface area (Å²) in [7, 11) is 1.68. The molecule has 0 fully saturated rings. The molecule has 0 spiro atoms. The van der Waals surface area contributed by atoms with Gasteiger partial charge in [-0.15, -0.1) is 0 Å². The third-order valence-electron chi connectivity index (χ3n) is 4.30. The average Bonchev–Trinajstić information content (AvgIpc) is 2.66. The van der Waals surface area contributed by atoms with E-state index in [0.717, 1.165) is 47.0 Å². The maximum atomic E-state index is 8.76. The summed E-state index contributed by atoms with van der Waals surface area (Å²) in [5, 5.41) is 16.5. The van der Waals surface area contributed by atoms with Gasteiger partial charge in [0.15, 0.2) is 0 Å². The van der Waals surface area contributed by atoms with Gasteiger partial charge in [-0.05, 0) is 54.4 Å². The Balaban J connectivity index is 1.81. The molecule has 2 N–H and O–H groups in total. The first-order valence-corrected chi connectivity index (χ1v) is 8.77. The largest absolute Gasteiger partial charge is 0.497 e. The van der Waals surface area contributed by atoms with E-state index >= 15 is 0 Å². The fourth-order valence-electron chi connectivity index (χ4n) is 3.02. The minimum absolute atomic E-state index is 0.182. The molecule has 0 radical (unpaired) electrons. The Morgan fingerprint density at radius 1 is 0.920 bits per heavy atom. The van der Waals surface area contributed by atoms with E-state index in [1.165, 1.54) is 5.39 Å². The van der Waals surface area contributed by atoms with Crippen LogP contribution in [-0.4, -0.2) is 38.5 Å². The molecule has 3 aromatic rings. The lowest BCUT2D eigenvalue weighted by atomic mass is 10.0. The van der Waals surface area contributed by atoms with Crippen LogP contribution in [0.5, 0.6) is 11.5 Å². The molecular formula is C21H25NO3. The minimum atomic E-state index is 0.182. The fourth-order valence-corrected chi connectivity index (χ4v) is 3.02. The van der Waals surface area contributed by atoms with Gasteiger partial charge in [-0.1, -0.05) is 24.3 Å². The van der Waals surface area contributed by atoms with Crippen molar-refractivity contribution in [2.24, 2.45) is 0 Å². The molecule has 4 nitrogen and oxygen atoms in total. The van der Waals surface area contributed by atoms with E-state index in [1.54, 1.807) is 7.11 Å². The van der Waals surface area contributed by atoms with Crippen LogP contribution in [0.25, 0.3) is 21.5 Å². The van der Waals surface area contributed by atoms with E-state index in [4.69, 9.17) is 14.6 Å². The fraction of sp³-hybridized carbons (Fsp3) is 0.333. The quantitative estimate of drug-likeness (QED) is 0.461. The third-order valence-corrected chi connectivity index (χ3v) is 4.30. The monoisotopic (exact) mass is 339 g/mol. The van der Waals surface area contributed by atoms with Gasteiger partial charge in [-0.25, -0.2) is 0 Å². The number of methoxy groups -OCH3 is 1. The average molecular weight is 339 g/mol. The van der Waals surface area contributed by atoms with Gasteiger partial charge in [0.05, 0.1) is 20.3 Å². The molecule has 0 saturated carbocycles. The van der Waals surface area contributed by atoms with Crippen LogP contribution >= 0.6 is 0 Å². The summed E-state index contributed by atoms with van der Waals surface area (Å²) in [4.78, 5) is 0. The van der Waals surface area contributed by atoms with Crippen molar-refractivity contribution in [3.05, 3.63) is 48.5 Å². The number of ether oxygens (including phenoxy) is 2. The number of rotatable bonds is 9. The second-order valence-electron chi connectivity index (χ2n) is 6.04. The SMILES string of the molecule is COc1ccc2c(OCCCCNCCO)c3ccccc3cc2c1. The summed E-state index contributed by atoms with van der Waals surface area (Å²) >= 11 is 0. The molecular weight excluding hydrogens is 314 g/mol. The minimum Gasteiger partial charge on any atom is -0.497 e. The maximum Gasteiger partial charge on any atom is 0.134 e. The van der Waals surface area contributed by atoms with Crippen LogP contribution in [0.1, 0.15) is 12.8 Å². The number of hydrogen-bond donors (Lipinski definition) is 2. The van der Waals surface area contributed by atoms with Crippen LogP contribution in [0.4, 0.5) is 0 Å². The number of fused-ring (bicyclic) bond motifs is 2. The van der Waals surface area contributed by atoms with Crippen molar-refractivity contribution in [3.63, 3.8) is 0 Å². The number of nitrogens with one attached hydrogen (secondary N) is 1. The molecule has 132 valence electrons. The van der Waals surface area contributed by atoms with Crippen LogP contribution in [0.15, 0.2) is 48.5 Å². The molecule has 0 unspecified atom stereocenters. The van der Waals surface area contributed by atoms with Crippen molar-refractivity contribution < 1.29 is 14.6 Å². The van der Waals surface area contributed by atoms with Gasteiger partial charge in [0.25, 0.3) is 0 Å². The molecule has 3 rings (SSSR count). The normalized spacial score (nSPS) is 11.1. The molecule has 0 heterocycles. The Hall–Kier alpha value is -2.30. The number of hydrogen-bond acceptors (Lipinski definition) is 4. The van der Waals surface area contributed by atoms with E-state index in [1.807, 2.05) is 24.3 Å². The zero-order valence-corrected chi connectivity index (χ0v) is 14.6. The van der Waals surface area contributed by atoms with Gasteiger partial charge in [0.2, 0.25) is 0 Å². The van der Waals surface area contributed by atoms with E-state index in [9.17, 15) is 0 Å². The first kappa shape index (κ1) is 17.5. The highest BCUT2D eigenvalue weighted by Crippen LogP contribution is 2.36. The molecule has 0 amide bonds. The van der Waals surface area contributed by atoms with Crippen molar-refractivity contribution in [3.8, 4) is 11.5 Å². The maximum absolute atomic E-state index is 8.76. The Bertz CT molecular complexity index is 832. The zero-order chi connectivity index (χ0) is 17.5.